The second-order valence-electron chi connectivity index (χ2n) is 3.12. The van der Waals surface area contributed by atoms with Gasteiger partial charge in [0.25, 0.3) is 0 Å². The highest BCUT2D eigenvalue weighted by Crippen LogP contribution is 2.10. The van der Waals surface area contributed by atoms with Gasteiger partial charge in [0.05, 0.1) is 0 Å². The molecule has 0 bridgehead atoms. The highest BCUT2D eigenvalue weighted by molar-refractivity contribution is 5.66. The molecule has 0 radical (unpaired) electrons. The Kier molecular flexibility index (Phi) is 3.91. The van der Waals surface area contributed by atoms with E-state index in [-0.39, 0.29) is 6.42 Å². The molecule has 14 heavy (non-hydrogen) atoms. The van der Waals surface area contributed by atoms with E-state index < -0.39 is 5.97 Å². The monoisotopic (exact) mass is 194 g/mol. The number of carboxylic acids is 1. The Balaban J connectivity index is 2.36. The third-order valence-electron chi connectivity index (χ3n) is 1.99. The van der Waals surface area contributed by atoms with E-state index in [4.69, 9.17) is 5.11 Å². The molecule has 0 saturated heterocycles. The highest BCUT2D eigenvalue weighted by Gasteiger charge is 2.01. The van der Waals surface area contributed by atoms with Gasteiger partial charge in [0, 0.05) is 38.1 Å². The molecule has 4 heteroatoms. The predicted molar refractivity (Wildman–Crippen MR) is 54.4 cm³/mol. The van der Waals surface area contributed by atoms with Gasteiger partial charge in [-0.3, -0.25) is 9.78 Å². The third kappa shape index (κ3) is 3.43. The zero-order chi connectivity index (χ0) is 10.4. The average Bonchev–Trinajstić information content (AvgIpc) is 2.18. The van der Waals surface area contributed by atoms with Crippen LogP contribution in [0.4, 0.5) is 5.69 Å². The summed E-state index contributed by atoms with van der Waals surface area (Å²) in [6.45, 7) is 0.746. The lowest BCUT2D eigenvalue weighted by Crippen LogP contribution is -2.19. The van der Waals surface area contributed by atoms with Gasteiger partial charge in [-0.1, -0.05) is 0 Å². The van der Waals surface area contributed by atoms with Crippen molar-refractivity contribution >= 4 is 11.7 Å². The maximum absolute atomic E-state index is 10.3. The Morgan fingerprint density at radius 2 is 2.14 bits per heavy atom. The summed E-state index contributed by atoms with van der Waals surface area (Å²) in [6, 6.07) is 3.81. The second-order valence-corrected chi connectivity index (χ2v) is 3.12. The summed E-state index contributed by atoms with van der Waals surface area (Å²) >= 11 is 0. The Bertz CT molecular complexity index is 287. The van der Waals surface area contributed by atoms with Crippen molar-refractivity contribution in [3.63, 3.8) is 0 Å². The van der Waals surface area contributed by atoms with Gasteiger partial charge in [-0.25, -0.2) is 0 Å². The van der Waals surface area contributed by atoms with Crippen molar-refractivity contribution in [2.45, 2.75) is 12.8 Å². The van der Waals surface area contributed by atoms with E-state index >= 15 is 0 Å². The standard InChI is InChI=1S/C10H14N2O2/c1-12(8-2-3-10(13)14)9-4-6-11-7-5-9/h4-7H,2-3,8H2,1H3,(H,13,14). The molecule has 0 fully saturated rings. The van der Waals surface area contributed by atoms with E-state index in [1.54, 1.807) is 12.4 Å². The van der Waals surface area contributed by atoms with E-state index in [0.29, 0.717) is 6.42 Å². The summed E-state index contributed by atoms with van der Waals surface area (Å²) in [5, 5.41) is 8.47. The molecule has 1 aromatic heterocycles. The molecular weight excluding hydrogens is 180 g/mol. The zero-order valence-electron chi connectivity index (χ0n) is 8.18. The second kappa shape index (κ2) is 5.21. The number of hydrogen-bond acceptors (Lipinski definition) is 3. The molecule has 0 unspecified atom stereocenters. The molecule has 76 valence electrons. The smallest absolute Gasteiger partial charge is 0.303 e. The number of aliphatic carboxylic acids is 1. The maximum atomic E-state index is 10.3. The number of carboxylic acid groups (broad SMARTS) is 1. The first-order chi connectivity index (χ1) is 6.70. The third-order valence-corrected chi connectivity index (χ3v) is 1.99. The quantitative estimate of drug-likeness (QED) is 0.769. The lowest BCUT2D eigenvalue weighted by Gasteiger charge is -2.18. The fourth-order valence-corrected chi connectivity index (χ4v) is 1.20. The van der Waals surface area contributed by atoms with Crippen molar-refractivity contribution in [1.82, 2.24) is 4.98 Å². The van der Waals surface area contributed by atoms with Gasteiger partial charge in [-0.05, 0) is 18.6 Å². The number of aromatic nitrogens is 1. The van der Waals surface area contributed by atoms with Crippen LogP contribution in [0.3, 0.4) is 0 Å². The minimum absolute atomic E-state index is 0.218. The summed E-state index contributed by atoms with van der Waals surface area (Å²) in [5.41, 5.74) is 1.06. The van der Waals surface area contributed by atoms with E-state index in [1.807, 2.05) is 24.1 Å². The molecule has 0 saturated carbocycles. The van der Waals surface area contributed by atoms with Crippen LogP contribution in [0, 0.1) is 0 Å². The highest BCUT2D eigenvalue weighted by atomic mass is 16.4. The van der Waals surface area contributed by atoms with Crippen molar-refractivity contribution in [1.29, 1.82) is 0 Å². The largest absolute Gasteiger partial charge is 0.481 e. The van der Waals surface area contributed by atoms with Gasteiger partial charge >= 0.3 is 5.97 Å². The van der Waals surface area contributed by atoms with Gasteiger partial charge in [-0.15, -0.1) is 0 Å². The molecule has 1 rings (SSSR count). The molecule has 1 heterocycles. The fraction of sp³-hybridized carbons (Fsp3) is 0.400. The summed E-state index contributed by atoms with van der Waals surface area (Å²) in [5.74, 6) is -0.742. The van der Waals surface area contributed by atoms with Crippen LogP contribution in [0.2, 0.25) is 0 Å². The average molecular weight is 194 g/mol. The van der Waals surface area contributed by atoms with Crippen molar-refractivity contribution < 1.29 is 9.90 Å². The Hall–Kier alpha value is -1.58. The van der Waals surface area contributed by atoms with E-state index in [9.17, 15) is 4.79 Å². The fourth-order valence-electron chi connectivity index (χ4n) is 1.20. The maximum Gasteiger partial charge on any atom is 0.303 e. The molecule has 4 nitrogen and oxygen atoms in total. The van der Waals surface area contributed by atoms with Crippen molar-refractivity contribution in [3.8, 4) is 0 Å². The van der Waals surface area contributed by atoms with Gasteiger partial charge in [0.1, 0.15) is 0 Å². The van der Waals surface area contributed by atoms with Gasteiger partial charge in [0.2, 0.25) is 0 Å². The number of hydrogen-bond donors (Lipinski definition) is 1. The molecular formula is C10H14N2O2. The number of anilines is 1. The number of nitrogens with zero attached hydrogens (tertiary/aromatic N) is 2. The van der Waals surface area contributed by atoms with Crippen LogP contribution < -0.4 is 4.90 Å². The summed E-state index contributed by atoms with van der Waals surface area (Å²) < 4.78 is 0. The van der Waals surface area contributed by atoms with Crippen LogP contribution in [-0.4, -0.2) is 29.7 Å². The number of rotatable bonds is 5. The lowest BCUT2D eigenvalue weighted by molar-refractivity contribution is -0.137. The molecule has 0 amide bonds. The first kappa shape index (κ1) is 10.5. The normalized spacial score (nSPS) is 9.79. The Morgan fingerprint density at radius 3 is 2.71 bits per heavy atom. The van der Waals surface area contributed by atoms with Crippen LogP contribution in [0.1, 0.15) is 12.8 Å². The Labute approximate surface area is 83.2 Å². The zero-order valence-corrected chi connectivity index (χ0v) is 8.18. The SMILES string of the molecule is CN(CCCC(=O)O)c1ccncc1. The molecule has 1 N–H and O–H groups in total. The van der Waals surface area contributed by atoms with Gasteiger partial charge in [0.15, 0.2) is 0 Å². The van der Waals surface area contributed by atoms with E-state index in [0.717, 1.165) is 12.2 Å². The van der Waals surface area contributed by atoms with E-state index in [1.165, 1.54) is 0 Å². The topological polar surface area (TPSA) is 53.4 Å². The van der Waals surface area contributed by atoms with Crippen LogP contribution in [0.15, 0.2) is 24.5 Å². The number of carbonyl (C=O) groups is 1. The predicted octanol–water partition coefficient (Wildman–Crippen LogP) is 1.38. The molecule has 0 spiro atoms. The molecule has 0 aromatic carbocycles. The van der Waals surface area contributed by atoms with Crippen LogP contribution >= 0.6 is 0 Å². The lowest BCUT2D eigenvalue weighted by atomic mass is 10.3. The molecule has 0 aliphatic heterocycles. The van der Waals surface area contributed by atoms with Crippen molar-refractivity contribution in [2.24, 2.45) is 0 Å². The summed E-state index contributed by atoms with van der Waals surface area (Å²) in [4.78, 5) is 16.2. The van der Waals surface area contributed by atoms with Crippen LogP contribution in [0.25, 0.3) is 0 Å². The van der Waals surface area contributed by atoms with Crippen LogP contribution in [0.5, 0.6) is 0 Å². The first-order valence-electron chi connectivity index (χ1n) is 4.53. The minimum Gasteiger partial charge on any atom is -0.481 e. The van der Waals surface area contributed by atoms with Gasteiger partial charge < -0.3 is 10.0 Å². The Morgan fingerprint density at radius 1 is 1.50 bits per heavy atom. The summed E-state index contributed by atoms with van der Waals surface area (Å²) in [7, 11) is 1.94. The molecule has 0 aliphatic rings. The summed E-state index contributed by atoms with van der Waals surface area (Å²) in [6.07, 6.45) is 4.33. The van der Waals surface area contributed by atoms with E-state index in [2.05, 4.69) is 4.98 Å². The minimum atomic E-state index is -0.742. The van der Waals surface area contributed by atoms with Crippen molar-refractivity contribution in [3.05, 3.63) is 24.5 Å². The molecule has 0 aliphatic carbocycles. The van der Waals surface area contributed by atoms with Crippen molar-refractivity contribution in [2.75, 3.05) is 18.5 Å². The molecule has 1 aromatic rings. The number of pyridine rings is 1. The van der Waals surface area contributed by atoms with Gasteiger partial charge in [-0.2, -0.15) is 0 Å². The molecule has 0 atom stereocenters. The first-order valence-corrected chi connectivity index (χ1v) is 4.53. The van der Waals surface area contributed by atoms with Crippen LogP contribution in [-0.2, 0) is 4.79 Å².